The van der Waals surface area contributed by atoms with Gasteiger partial charge in [-0.15, -0.1) is 0 Å². The number of fused-ring (bicyclic) bond motifs is 1. The van der Waals surface area contributed by atoms with Crippen molar-refractivity contribution in [2.24, 2.45) is 5.92 Å². The van der Waals surface area contributed by atoms with E-state index in [2.05, 4.69) is 20.9 Å². The highest BCUT2D eigenvalue weighted by atomic mass is 16.1. The Kier molecular flexibility index (Phi) is 4.58. The smallest absolute Gasteiger partial charge is 0.209 e. The van der Waals surface area contributed by atoms with Crippen LogP contribution >= 0.6 is 0 Å². The highest BCUT2D eigenvalue weighted by Crippen LogP contribution is 2.39. The van der Waals surface area contributed by atoms with Gasteiger partial charge in [-0.1, -0.05) is 0 Å². The van der Waals surface area contributed by atoms with Crippen molar-refractivity contribution >= 4 is 23.4 Å². The average molecular weight is 418 g/mol. The Morgan fingerprint density at radius 2 is 1.90 bits per heavy atom. The van der Waals surface area contributed by atoms with Crippen molar-refractivity contribution in [1.29, 1.82) is 0 Å². The number of amides is 1. The Hall–Kier alpha value is -3.03. The van der Waals surface area contributed by atoms with Gasteiger partial charge >= 0.3 is 0 Å². The summed E-state index contributed by atoms with van der Waals surface area (Å²) in [6, 6.07) is 4.47. The van der Waals surface area contributed by atoms with Gasteiger partial charge in [-0.2, -0.15) is 0 Å². The maximum atomic E-state index is 11.4. The number of rotatable bonds is 5. The molecule has 3 aromatic rings. The molecule has 31 heavy (non-hydrogen) atoms. The van der Waals surface area contributed by atoms with Crippen LogP contribution in [0.3, 0.4) is 0 Å². The third-order valence-electron chi connectivity index (χ3n) is 7.02. The number of nitrogens with one attached hydrogen (secondary N) is 1. The second-order valence-corrected chi connectivity index (χ2v) is 9.13. The number of nitrogens with zero attached hydrogens (tertiary/aromatic N) is 6. The lowest BCUT2D eigenvalue weighted by atomic mass is 9.89. The Morgan fingerprint density at radius 1 is 1.00 bits per heavy atom. The van der Waals surface area contributed by atoms with Crippen LogP contribution in [0.2, 0.25) is 0 Å². The zero-order chi connectivity index (χ0) is 20.8. The number of aromatic amines is 1. The van der Waals surface area contributed by atoms with Gasteiger partial charge in [-0.05, 0) is 56.6 Å². The molecule has 2 atom stereocenters. The van der Waals surface area contributed by atoms with E-state index < -0.39 is 0 Å². The monoisotopic (exact) mass is 417 g/mol. The van der Waals surface area contributed by atoms with Gasteiger partial charge in [0.2, 0.25) is 6.41 Å². The number of aromatic nitrogens is 5. The molecule has 3 fully saturated rings. The normalized spacial score (nSPS) is 24.1. The Labute approximate surface area is 181 Å². The minimum atomic E-state index is 0.375. The van der Waals surface area contributed by atoms with Crippen molar-refractivity contribution in [3.8, 4) is 11.5 Å². The van der Waals surface area contributed by atoms with E-state index in [-0.39, 0.29) is 0 Å². The zero-order valence-corrected chi connectivity index (χ0v) is 17.6. The molecule has 1 unspecified atom stereocenters. The summed E-state index contributed by atoms with van der Waals surface area (Å²) >= 11 is 0. The Bertz CT molecular complexity index is 1110. The van der Waals surface area contributed by atoms with Crippen LogP contribution in [-0.4, -0.2) is 61.9 Å². The molecule has 0 aromatic carbocycles. The molecule has 0 bridgehead atoms. The van der Waals surface area contributed by atoms with Crippen molar-refractivity contribution in [3.05, 3.63) is 30.2 Å². The second-order valence-electron chi connectivity index (χ2n) is 9.13. The lowest BCUT2D eigenvalue weighted by molar-refractivity contribution is -0.119. The third-order valence-corrected chi connectivity index (χ3v) is 7.02. The molecule has 8 nitrogen and oxygen atoms in total. The maximum absolute atomic E-state index is 11.4. The lowest BCUT2D eigenvalue weighted by Crippen LogP contribution is -2.45. The van der Waals surface area contributed by atoms with E-state index in [0.717, 1.165) is 79.5 Å². The van der Waals surface area contributed by atoms with Crippen LogP contribution in [0, 0.1) is 5.92 Å². The number of anilines is 1. The van der Waals surface area contributed by atoms with E-state index >= 15 is 0 Å². The number of hydrogen-bond donors (Lipinski definition) is 1. The number of carbonyl (C=O) groups is 1. The molecule has 6 rings (SSSR count). The van der Waals surface area contributed by atoms with Gasteiger partial charge in [0.1, 0.15) is 17.0 Å². The highest BCUT2D eigenvalue weighted by molar-refractivity contribution is 5.77. The summed E-state index contributed by atoms with van der Waals surface area (Å²) in [4.78, 5) is 37.9. The average Bonchev–Trinajstić information content (AvgIpc) is 3.40. The fourth-order valence-electron chi connectivity index (χ4n) is 5.24. The first kappa shape index (κ1) is 18.7. The fraction of sp³-hybridized carbons (Fsp3) is 0.522. The van der Waals surface area contributed by atoms with E-state index in [1.807, 2.05) is 17.2 Å². The van der Waals surface area contributed by atoms with Crippen molar-refractivity contribution in [2.75, 3.05) is 24.5 Å². The van der Waals surface area contributed by atoms with E-state index in [1.165, 1.54) is 19.3 Å². The van der Waals surface area contributed by atoms with Gasteiger partial charge < -0.3 is 14.8 Å². The molecule has 2 aliphatic heterocycles. The van der Waals surface area contributed by atoms with Crippen LogP contribution in [0.25, 0.3) is 22.7 Å². The van der Waals surface area contributed by atoms with Gasteiger partial charge in [0.05, 0.1) is 11.9 Å². The van der Waals surface area contributed by atoms with E-state index in [9.17, 15) is 4.79 Å². The van der Waals surface area contributed by atoms with Crippen molar-refractivity contribution in [2.45, 2.75) is 50.5 Å². The summed E-state index contributed by atoms with van der Waals surface area (Å²) in [6.45, 7) is 2.85. The van der Waals surface area contributed by atoms with Crippen LogP contribution in [0.5, 0.6) is 0 Å². The number of likely N-dealkylation sites (tertiary alicyclic amines) is 1. The first-order chi connectivity index (χ1) is 15.3. The van der Waals surface area contributed by atoms with Crippen LogP contribution in [0.15, 0.2) is 24.5 Å². The van der Waals surface area contributed by atoms with Gasteiger partial charge in [-0.3, -0.25) is 9.78 Å². The SMILES string of the molecule is O=CN1CCC[C@@H]1C1CCCN(c2ccc3nc(-c4cncc(C5CC5)n4)[nH]c3n2)C1. The van der Waals surface area contributed by atoms with Crippen LogP contribution < -0.4 is 4.90 Å². The van der Waals surface area contributed by atoms with Gasteiger partial charge in [0, 0.05) is 37.8 Å². The minimum absolute atomic E-state index is 0.375. The van der Waals surface area contributed by atoms with Crippen LogP contribution in [0.1, 0.15) is 50.1 Å². The summed E-state index contributed by atoms with van der Waals surface area (Å²) in [6.07, 6.45) is 11.6. The van der Waals surface area contributed by atoms with Crippen LogP contribution in [0.4, 0.5) is 5.82 Å². The first-order valence-corrected chi connectivity index (χ1v) is 11.4. The summed E-state index contributed by atoms with van der Waals surface area (Å²) in [5.41, 5.74) is 3.46. The van der Waals surface area contributed by atoms with E-state index in [0.29, 0.717) is 17.9 Å². The number of pyridine rings is 1. The van der Waals surface area contributed by atoms with Gasteiger partial charge in [-0.25, -0.2) is 15.0 Å². The molecule has 2 saturated heterocycles. The predicted octanol–water partition coefficient (Wildman–Crippen LogP) is 3.13. The number of imidazole rings is 1. The molecule has 5 heterocycles. The molecule has 3 aliphatic rings. The molecule has 1 saturated carbocycles. The lowest BCUT2D eigenvalue weighted by Gasteiger charge is -2.38. The molecular formula is C23H27N7O. The Morgan fingerprint density at radius 3 is 2.77 bits per heavy atom. The van der Waals surface area contributed by atoms with Gasteiger partial charge in [0.15, 0.2) is 11.5 Å². The van der Waals surface area contributed by atoms with Crippen molar-refractivity contribution in [3.63, 3.8) is 0 Å². The number of hydrogen-bond acceptors (Lipinski definition) is 6. The first-order valence-electron chi connectivity index (χ1n) is 11.4. The quantitative estimate of drug-likeness (QED) is 0.642. The van der Waals surface area contributed by atoms with E-state index in [1.54, 1.807) is 6.20 Å². The molecular weight excluding hydrogens is 390 g/mol. The van der Waals surface area contributed by atoms with Crippen LogP contribution in [-0.2, 0) is 4.79 Å². The molecule has 3 aromatic heterocycles. The van der Waals surface area contributed by atoms with Gasteiger partial charge in [0.25, 0.3) is 0 Å². The Balaban J connectivity index is 1.24. The molecule has 1 N–H and O–H groups in total. The summed E-state index contributed by atoms with van der Waals surface area (Å²) in [5, 5.41) is 0. The molecule has 1 aliphatic carbocycles. The fourth-order valence-corrected chi connectivity index (χ4v) is 5.24. The number of carbonyl (C=O) groups excluding carboxylic acids is 1. The van der Waals surface area contributed by atoms with E-state index in [4.69, 9.17) is 15.0 Å². The summed E-state index contributed by atoms with van der Waals surface area (Å²) in [7, 11) is 0. The standard InChI is InChI=1S/C23H27N7O/c31-14-30-10-2-4-20(30)16-3-1-9-29(13-16)21-8-7-17-22(27-21)28-23(26-17)19-12-24-11-18(25-19)15-5-6-15/h7-8,11-12,14-16,20H,1-6,9-10,13H2,(H,26,27,28)/t16?,20-/m1/s1. The third kappa shape index (κ3) is 3.54. The van der Waals surface area contributed by atoms with Crippen molar-refractivity contribution in [1.82, 2.24) is 29.8 Å². The molecule has 0 spiro atoms. The maximum Gasteiger partial charge on any atom is 0.209 e. The molecule has 8 heteroatoms. The number of H-pyrrole nitrogens is 1. The second kappa shape index (κ2) is 7.59. The molecule has 160 valence electrons. The summed E-state index contributed by atoms with van der Waals surface area (Å²) < 4.78 is 0. The topological polar surface area (TPSA) is 90.9 Å². The predicted molar refractivity (Wildman–Crippen MR) is 118 cm³/mol. The summed E-state index contributed by atoms with van der Waals surface area (Å²) in [5.74, 6) is 2.76. The highest BCUT2D eigenvalue weighted by Gasteiger charge is 2.34. The molecule has 1 amide bonds. The largest absolute Gasteiger partial charge is 0.356 e. The number of piperidine rings is 1. The van der Waals surface area contributed by atoms with Crippen molar-refractivity contribution < 1.29 is 4.79 Å². The zero-order valence-electron chi connectivity index (χ0n) is 17.6. The molecule has 0 radical (unpaired) electrons. The minimum Gasteiger partial charge on any atom is -0.356 e.